The third kappa shape index (κ3) is 6.90. The summed E-state index contributed by atoms with van der Waals surface area (Å²) in [7, 11) is 0. The molecule has 2 aliphatic heterocycles. The molecule has 0 aromatic heterocycles. The van der Waals surface area contributed by atoms with Crippen LogP contribution in [0.2, 0.25) is 0 Å². The number of carbonyl (C=O) groups is 1. The van der Waals surface area contributed by atoms with E-state index >= 15 is 0 Å². The van der Waals surface area contributed by atoms with Gasteiger partial charge in [0.1, 0.15) is 5.78 Å². The highest BCUT2D eigenvalue weighted by Gasteiger charge is 2.23. The first-order valence-electron chi connectivity index (χ1n) is 8.83. The summed E-state index contributed by atoms with van der Waals surface area (Å²) in [5, 5.41) is 3.40. The van der Waals surface area contributed by atoms with Gasteiger partial charge in [0, 0.05) is 38.6 Å². The molecule has 2 aliphatic rings. The maximum absolute atomic E-state index is 11.8. The molecular formula is C17H35N3O. The molecule has 124 valence electrons. The number of nitrogens with one attached hydrogen (secondary N) is 1. The van der Waals surface area contributed by atoms with Crippen LogP contribution < -0.4 is 5.32 Å². The van der Waals surface area contributed by atoms with E-state index in [1.54, 1.807) is 0 Å². The lowest BCUT2D eigenvalue weighted by Gasteiger charge is -2.36. The molecule has 2 rings (SSSR count). The fourth-order valence-corrected chi connectivity index (χ4v) is 2.99. The number of rotatable bonds is 5. The molecule has 0 bridgehead atoms. The number of ketones is 1. The molecule has 0 amide bonds. The SMILES string of the molecule is CC.CC(C)C(=O)CN1CCC(CN2CCNCC2)CC1. The van der Waals surface area contributed by atoms with E-state index in [2.05, 4.69) is 15.1 Å². The molecule has 21 heavy (non-hydrogen) atoms. The van der Waals surface area contributed by atoms with Crippen molar-refractivity contribution in [3.63, 3.8) is 0 Å². The summed E-state index contributed by atoms with van der Waals surface area (Å²) in [5.41, 5.74) is 0. The third-order valence-corrected chi connectivity index (χ3v) is 4.46. The third-order valence-electron chi connectivity index (χ3n) is 4.46. The van der Waals surface area contributed by atoms with Gasteiger partial charge in [0.25, 0.3) is 0 Å². The summed E-state index contributed by atoms with van der Waals surface area (Å²) in [6.45, 7) is 16.8. The van der Waals surface area contributed by atoms with Gasteiger partial charge in [-0.05, 0) is 31.8 Å². The number of hydrogen-bond donors (Lipinski definition) is 1. The number of carbonyl (C=O) groups excluding carboxylic acids is 1. The van der Waals surface area contributed by atoms with Gasteiger partial charge in [0.05, 0.1) is 6.54 Å². The fraction of sp³-hybridized carbons (Fsp3) is 0.941. The van der Waals surface area contributed by atoms with Crippen LogP contribution in [-0.2, 0) is 4.79 Å². The van der Waals surface area contributed by atoms with Gasteiger partial charge in [0.2, 0.25) is 0 Å². The Morgan fingerprint density at radius 1 is 1.05 bits per heavy atom. The lowest BCUT2D eigenvalue weighted by molar-refractivity contribution is -0.123. The van der Waals surface area contributed by atoms with Crippen LogP contribution in [0.1, 0.15) is 40.5 Å². The van der Waals surface area contributed by atoms with Crippen LogP contribution >= 0.6 is 0 Å². The summed E-state index contributed by atoms with van der Waals surface area (Å²) < 4.78 is 0. The molecule has 0 radical (unpaired) electrons. The zero-order valence-electron chi connectivity index (χ0n) is 14.5. The van der Waals surface area contributed by atoms with Crippen molar-refractivity contribution in [3.8, 4) is 0 Å². The minimum absolute atomic E-state index is 0.179. The molecule has 4 heteroatoms. The topological polar surface area (TPSA) is 35.6 Å². The van der Waals surface area contributed by atoms with Crippen LogP contribution in [0, 0.1) is 11.8 Å². The molecule has 2 fully saturated rings. The Kier molecular flexibility index (Phi) is 9.13. The molecule has 0 aromatic rings. The Hall–Kier alpha value is -0.450. The first kappa shape index (κ1) is 18.6. The Morgan fingerprint density at radius 2 is 1.62 bits per heavy atom. The largest absolute Gasteiger partial charge is 0.314 e. The molecule has 0 aliphatic carbocycles. The summed E-state index contributed by atoms with van der Waals surface area (Å²) in [6, 6.07) is 0. The molecule has 2 heterocycles. The molecule has 1 N–H and O–H groups in total. The lowest BCUT2D eigenvalue weighted by Crippen LogP contribution is -2.47. The van der Waals surface area contributed by atoms with Crippen molar-refractivity contribution in [1.29, 1.82) is 0 Å². The second-order valence-corrected chi connectivity index (χ2v) is 6.39. The quantitative estimate of drug-likeness (QED) is 0.840. The maximum atomic E-state index is 11.8. The van der Waals surface area contributed by atoms with E-state index in [9.17, 15) is 4.79 Å². The molecular weight excluding hydrogens is 262 g/mol. The van der Waals surface area contributed by atoms with Gasteiger partial charge >= 0.3 is 0 Å². The Balaban J connectivity index is 0.00000106. The molecule has 4 nitrogen and oxygen atoms in total. The molecule has 0 atom stereocenters. The molecule has 0 spiro atoms. The number of piperidine rings is 1. The van der Waals surface area contributed by atoms with Crippen LogP contribution in [0.25, 0.3) is 0 Å². The highest BCUT2D eigenvalue weighted by atomic mass is 16.1. The zero-order valence-corrected chi connectivity index (χ0v) is 14.5. The summed E-state index contributed by atoms with van der Waals surface area (Å²) >= 11 is 0. The van der Waals surface area contributed by atoms with Crippen LogP contribution in [0.4, 0.5) is 0 Å². The predicted octanol–water partition coefficient (Wildman–Crippen LogP) is 1.85. The first-order chi connectivity index (χ1) is 10.1. The standard InChI is InChI=1S/C15H29N3O.C2H6/c1-13(2)15(19)12-17-7-3-14(4-8-17)11-18-9-5-16-6-10-18;1-2/h13-14,16H,3-12H2,1-2H3;1-2H3. The summed E-state index contributed by atoms with van der Waals surface area (Å²) in [6.07, 6.45) is 2.52. The van der Waals surface area contributed by atoms with E-state index in [1.165, 1.54) is 32.5 Å². The van der Waals surface area contributed by atoms with Gasteiger partial charge < -0.3 is 10.2 Å². The van der Waals surface area contributed by atoms with E-state index in [0.717, 1.165) is 32.1 Å². The predicted molar refractivity (Wildman–Crippen MR) is 89.7 cm³/mol. The van der Waals surface area contributed by atoms with E-state index in [1.807, 2.05) is 27.7 Å². The van der Waals surface area contributed by atoms with Crippen LogP contribution in [0.5, 0.6) is 0 Å². The number of piperazine rings is 1. The second kappa shape index (κ2) is 10.3. The minimum atomic E-state index is 0.179. The fourth-order valence-electron chi connectivity index (χ4n) is 2.99. The van der Waals surface area contributed by atoms with Crippen molar-refractivity contribution >= 4 is 5.78 Å². The van der Waals surface area contributed by atoms with Crippen molar-refractivity contribution in [3.05, 3.63) is 0 Å². The number of nitrogens with zero attached hydrogens (tertiary/aromatic N) is 2. The Bertz CT molecular complexity index is 280. The Labute approximate surface area is 131 Å². The maximum Gasteiger partial charge on any atom is 0.149 e. The first-order valence-corrected chi connectivity index (χ1v) is 8.83. The van der Waals surface area contributed by atoms with Crippen LogP contribution in [-0.4, -0.2) is 67.9 Å². The highest BCUT2D eigenvalue weighted by molar-refractivity contribution is 5.82. The number of likely N-dealkylation sites (tertiary alicyclic amines) is 1. The van der Waals surface area contributed by atoms with Crippen molar-refractivity contribution in [2.75, 3.05) is 52.4 Å². The normalized spacial score (nSPS) is 22.0. The smallest absolute Gasteiger partial charge is 0.149 e. The van der Waals surface area contributed by atoms with E-state index in [-0.39, 0.29) is 5.92 Å². The second-order valence-electron chi connectivity index (χ2n) is 6.39. The van der Waals surface area contributed by atoms with Gasteiger partial charge in [-0.1, -0.05) is 27.7 Å². The molecule has 0 saturated carbocycles. The molecule has 0 unspecified atom stereocenters. The average molecular weight is 297 g/mol. The number of hydrogen-bond acceptors (Lipinski definition) is 4. The molecule has 2 saturated heterocycles. The Morgan fingerprint density at radius 3 is 2.14 bits per heavy atom. The monoisotopic (exact) mass is 297 g/mol. The van der Waals surface area contributed by atoms with Gasteiger partial charge in [0.15, 0.2) is 0 Å². The average Bonchev–Trinajstić information content (AvgIpc) is 2.52. The summed E-state index contributed by atoms with van der Waals surface area (Å²) in [4.78, 5) is 16.7. The number of Topliss-reactive ketones (excluding diaryl/α,β-unsaturated/α-hetero) is 1. The van der Waals surface area contributed by atoms with Crippen LogP contribution in [0.3, 0.4) is 0 Å². The van der Waals surface area contributed by atoms with Crippen molar-refractivity contribution in [2.45, 2.75) is 40.5 Å². The van der Waals surface area contributed by atoms with Gasteiger partial charge in [-0.3, -0.25) is 9.69 Å². The highest BCUT2D eigenvalue weighted by Crippen LogP contribution is 2.18. The van der Waals surface area contributed by atoms with Crippen molar-refractivity contribution in [1.82, 2.24) is 15.1 Å². The van der Waals surface area contributed by atoms with Crippen LogP contribution in [0.15, 0.2) is 0 Å². The summed E-state index contributed by atoms with van der Waals surface area (Å²) in [5.74, 6) is 1.41. The lowest BCUT2D eigenvalue weighted by atomic mass is 9.95. The van der Waals surface area contributed by atoms with Crippen molar-refractivity contribution < 1.29 is 4.79 Å². The minimum Gasteiger partial charge on any atom is -0.314 e. The zero-order chi connectivity index (χ0) is 15.7. The van der Waals surface area contributed by atoms with E-state index in [4.69, 9.17) is 0 Å². The van der Waals surface area contributed by atoms with Gasteiger partial charge in [-0.25, -0.2) is 0 Å². The van der Waals surface area contributed by atoms with Gasteiger partial charge in [-0.2, -0.15) is 0 Å². The van der Waals surface area contributed by atoms with E-state index in [0.29, 0.717) is 12.3 Å². The molecule has 0 aromatic carbocycles. The van der Waals surface area contributed by atoms with Crippen molar-refractivity contribution in [2.24, 2.45) is 11.8 Å². The van der Waals surface area contributed by atoms with Gasteiger partial charge in [-0.15, -0.1) is 0 Å². The van der Waals surface area contributed by atoms with E-state index < -0.39 is 0 Å².